The predicted octanol–water partition coefficient (Wildman–Crippen LogP) is 0.357. The Hall–Kier alpha value is -0.860. The number of nitrogens with zero attached hydrogens (tertiary/aromatic N) is 2. The van der Waals surface area contributed by atoms with E-state index in [-0.39, 0.29) is 36.8 Å². The lowest BCUT2D eigenvalue weighted by Gasteiger charge is -2.62. The topological polar surface area (TPSA) is 64.0 Å². The van der Waals surface area contributed by atoms with Crippen molar-refractivity contribution in [3.8, 4) is 0 Å². The van der Waals surface area contributed by atoms with Gasteiger partial charge in [-0.1, -0.05) is 0 Å². The van der Waals surface area contributed by atoms with Crippen LogP contribution in [0.1, 0.15) is 25.7 Å². The van der Waals surface area contributed by atoms with Crippen LogP contribution in [0.5, 0.6) is 0 Å². The molecule has 0 radical (unpaired) electrons. The lowest BCUT2D eigenvalue weighted by Crippen LogP contribution is -2.70. The fourth-order valence-corrected chi connectivity index (χ4v) is 3.89. The van der Waals surface area contributed by atoms with E-state index >= 15 is 0 Å². The molecule has 1 heterocycles. The van der Waals surface area contributed by atoms with Crippen LogP contribution in [0.4, 0.5) is 13.2 Å². The van der Waals surface area contributed by atoms with Crippen LogP contribution >= 0.6 is 0 Å². The molecule has 22 heavy (non-hydrogen) atoms. The Bertz CT molecular complexity index is 435. The summed E-state index contributed by atoms with van der Waals surface area (Å²) in [5.41, 5.74) is -0.0354. The lowest BCUT2D eigenvalue weighted by molar-refractivity contribution is -0.199. The fraction of sp³-hybridized carbons (Fsp3) is 0.929. The molecular weight excluding hydrogens is 301 g/mol. The first-order chi connectivity index (χ1) is 10.3. The molecule has 1 amide bonds. The largest absolute Gasteiger partial charge is 0.471 e. The van der Waals surface area contributed by atoms with E-state index in [9.17, 15) is 18.0 Å². The number of hydrogen-bond donors (Lipinski definition) is 2. The number of aliphatic hydroxyl groups excluding tert-OH is 2. The molecule has 0 atom stereocenters. The molecule has 126 valence electrons. The summed E-state index contributed by atoms with van der Waals surface area (Å²) in [5.74, 6) is -1.70. The van der Waals surface area contributed by atoms with Gasteiger partial charge in [-0.2, -0.15) is 13.2 Å². The second-order valence-corrected chi connectivity index (χ2v) is 6.93. The summed E-state index contributed by atoms with van der Waals surface area (Å²) in [4.78, 5) is 14.6. The SMILES string of the molecule is O=C(N(C1CC1)C1CC2(C1)CN(C(CO)CO)C2)C(F)(F)F. The molecule has 1 spiro atoms. The molecule has 0 aromatic rings. The first-order valence-electron chi connectivity index (χ1n) is 7.65. The van der Waals surface area contributed by atoms with E-state index in [1.54, 1.807) is 0 Å². The minimum absolute atomic E-state index is 0.0354. The van der Waals surface area contributed by atoms with Crippen molar-refractivity contribution in [2.24, 2.45) is 5.41 Å². The Morgan fingerprint density at radius 3 is 2.14 bits per heavy atom. The summed E-state index contributed by atoms with van der Waals surface area (Å²) in [6.07, 6.45) is -2.30. The number of aliphatic hydroxyl groups is 2. The zero-order valence-electron chi connectivity index (χ0n) is 12.2. The van der Waals surface area contributed by atoms with Gasteiger partial charge in [0.15, 0.2) is 0 Å². The Balaban J connectivity index is 1.55. The van der Waals surface area contributed by atoms with Crippen molar-refractivity contribution in [1.29, 1.82) is 0 Å². The van der Waals surface area contributed by atoms with Crippen molar-refractivity contribution in [1.82, 2.24) is 9.80 Å². The first kappa shape index (κ1) is 16.0. The maximum absolute atomic E-state index is 12.7. The van der Waals surface area contributed by atoms with Crippen molar-refractivity contribution < 1.29 is 28.2 Å². The van der Waals surface area contributed by atoms with Crippen LogP contribution in [0.3, 0.4) is 0 Å². The van der Waals surface area contributed by atoms with Crippen LogP contribution in [0.25, 0.3) is 0 Å². The molecule has 0 aromatic carbocycles. The van der Waals surface area contributed by atoms with Gasteiger partial charge in [-0.15, -0.1) is 0 Å². The van der Waals surface area contributed by atoms with Crippen LogP contribution in [-0.4, -0.2) is 76.5 Å². The summed E-state index contributed by atoms with van der Waals surface area (Å²) in [7, 11) is 0. The van der Waals surface area contributed by atoms with Gasteiger partial charge in [-0.3, -0.25) is 9.69 Å². The molecule has 2 saturated carbocycles. The number of rotatable bonds is 5. The van der Waals surface area contributed by atoms with Gasteiger partial charge in [-0.05, 0) is 31.1 Å². The highest BCUT2D eigenvalue weighted by molar-refractivity contribution is 5.83. The Morgan fingerprint density at radius 2 is 1.73 bits per heavy atom. The molecule has 2 aliphatic carbocycles. The summed E-state index contributed by atoms with van der Waals surface area (Å²) in [6, 6.07) is -0.846. The molecule has 1 aliphatic heterocycles. The van der Waals surface area contributed by atoms with E-state index in [0.29, 0.717) is 38.8 Å². The second kappa shape index (κ2) is 5.35. The summed E-state index contributed by atoms with van der Waals surface area (Å²) < 4.78 is 38.1. The number of hydrogen-bond acceptors (Lipinski definition) is 4. The highest BCUT2D eigenvalue weighted by Crippen LogP contribution is 2.53. The van der Waals surface area contributed by atoms with Gasteiger partial charge >= 0.3 is 12.1 Å². The van der Waals surface area contributed by atoms with Crippen molar-refractivity contribution in [2.75, 3.05) is 26.3 Å². The maximum Gasteiger partial charge on any atom is 0.471 e. The molecular formula is C14H21F3N2O3. The van der Waals surface area contributed by atoms with E-state index in [1.165, 1.54) is 0 Å². The molecule has 1 saturated heterocycles. The van der Waals surface area contributed by atoms with Gasteiger partial charge < -0.3 is 15.1 Å². The number of alkyl halides is 3. The number of carbonyl (C=O) groups is 1. The zero-order chi connectivity index (χ0) is 16.1. The van der Waals surface area contributed by atoms with Gasteiger partial charge in [0, 0.05) is 25.2 Å². The molecule has 2 N–H and O–H groups in total. The molecule has 0 unspecified atom stereocenters. The standard InChI is InChI=1S/C14H21F3N2O3/c15-14(16,17)12(22)19(9-1-2-9)10-3-13(4-10)7-18(8-13)11(5-20)6-21/h9-11,20-21H,1-8H2. The molecule has 5 nitrogen and oxygen atoms in total. The molecule has 3 rings (SSSR count). The van der Waals surface area contributed by atoms with Gasteiger partial charge in [0.1, 0.15) is 0 Å². The van der Waals surface area contributed by atoms with Crippen LogP contribution in [-0.2, 0) is 4.79 Å². The Labute approximate surface area is 126 Å². The fourth-order valence-electron chi connectivity index (χ4n) is 3.89. The number of likely N-dealkylation sites (tertiary alicyclic amines) is 1. The normalized spacial score (nSPS) is 25.2. The van der Waals surface area contributed by atoms with Crippen molar-refractivity contribution in [3.63, 3.8) is 0 Å². The number of amides is 1. The van der Waals surface area contributed by atoms with Crippen molar-refractivity contribution in [3.05, 3.63) is 0 Å². The van der Waals surface area contributed by atoms with E-state index < -0.39 is 12.1 Å². The third-order valence-corrected chi connectivity index (χ3v) is 5.16. The Kier molecular flexibility index (Phi) is 3.89. The molecule has 8 heteroatoms. The lowest BCUT2D eigenvalue weighted by atomic mass is 9.59. The quantitative estimate of drug-likeness (QED) is 0.767. The van der Waals surface area contributed by atoms with Crippen molar-refractivity contribution >= 4 is 5.91 Å². The molecule has 3 fully saturated rings. The maximum atomic E-state index is 12.7. The molecule has 0 bridgehead atoms. The predicted molar refractivity (Wildman–Crippen MR) is 70.9 cm³/mol. The third kappa shape index (κ3) is 2.72. The first-order valence-corrected chi connectivity index (χ1v) is 7.65. The van der Waals surface area contributed by atoms with Gasteiger partial charge in [0.2, 0.25) is 0 Å². The molecule has 3 aliphatic rings. The Morgan fingerprint density at radius 1 is 1.18 bits per heavy atom. The van der Waals surface area contributed by atoms with Crippen LogP contribution in [0.15, 0.2) is 0 Å². The molecule has 0 aromatic heterocycles. The average Bonchev–Trinajstić information content (AvgIpc) is 3.16. The van der Waals surface area contributed by atoms with Gasteiger partial charge in [0.05, 0.1) is 19.3 Å². The average molecular weight is 322 g/mol. The van der Waals surface area contributed by atoms with Crippen LogP contribution in [0, 0.1) is 5.41 Å². The zero-order valence-corrected chi connectivity index (χ0v) is 12.2. The minimum atomic E-state index is -4.80. The summed E-state index contributed by atoms with van der Waals surface area (Å²) in [6.45, 7) is 1.09. The van der Waals surface area contributed by atoms with Crippen LogP contribution in [0.2, 0.25) is 0 Å². The van der Waals surface area contributed by atoms with E-state index in [0.717, 1.165) is 4.90 Å². The van der Waals surface area contributed by atoms with Gasteiger partial charge in [-0.25, -0.2) is 0 Å². The van der Waals surface area contributed by atoms with Gasteiger partial charge in [0.25, 0.3) is 0 Å². The van der Waals surface area contributed by atoms with E-state index in [2.05, 4.69) is 0 Å². The van der Waals surface area contributed by atoms with Crippen molar-refractivity contribution in [2.45, 2.75) is 50.0 Å². The monoisotopic (exact) mass is 322 g/mol. The smallest absolute Gasteiger partial charge is 0.395 e. The minimum Gasteiger partial charge on any atom is -0.395 e. The highest BCUT2D eigenvalue weighted by Gasteiger charge is 2.59. The number of halogens is 3. The number of carbonyl (C=O) groups excluding carboxylic acids is 1. The van der Waals surface area contributed by atoms with E-state index in [1.807, 2.05) is 4.90 Å². The highest BCUT2D eigenvalue weighted by atomic mass is 19.4. The summed E-state index contributed by atoms with van der Waals surface area (Å²) >= 11 is 0. The summed E-state index contributed by atoms with van der Waals surface area (Å²) in [5, 5.41) is 18.3. The van der Waals surface area contributed by atoms with Crippen LogP contribution < -0.4 is 0 Å². The third-order valence-electron chi connectivity index (χ3n) is 5.16. The van der Waals surface area contributed by atoms with E-state index in [4.69, 9.17) is 10.2 Å². The second-order valence-electron chi connectivity index (χ2n) is 6.93.